The fraction of sp³-hybridized carbons (Fsp3) is 0.200. The molecule has 0 saturated heterocycles. The number of para-hydroxylation sites is 2. The summed E-state index contributed by atoms with van der Waals surface area (Å²) in [6.45, 7) is 2.31. The molecule has 2 aromatic heterocycles. The molecular weight excluding hydrogens is 268 g/mol. The lowest BCUT2D eigenvalue weighted by Crippen LogP contribution is -1.94. The van der Waals surface area contributed by atoms with Crippen LogP contribution >= 0.6 is 0 Å². The molecular formula is C20H20N2. The summed E-state index contributed by atoms with van der Waals surface area (Å²) in [5, 5.41) is 2.70. The van der Waals surface area contributed by atoms with E-state index in [1.807, 2.05) is 0 Å². The molecule has 0 aliphatic heterocycles. The Kier molecular flexibility index (Phi) is 2.86. The molecule has 0 fully saturated rings. The van der Waals surface area contributed by atoms with Crippen molar-refractivity contribution in [2.75, 3.05) is 0 Å². The van der Waals surface area contributed by atoms with Gasteiger partial charge in [0.05, 0.1) is 0 Å². The highest BCUT2D eigenvalue weighted by atomic mass is 14.9. The summed E-state index contributed by atoms with van der Waals surface area (Å²) in [5.41, 5.74) is 5.39. The topological polar surface area (TPSA) is 9.86 Å². The molecule has 0 aliphatic rings. The zero-order chi connectivity index (χ0) is 15.3. The van der Waals surface area contributed by atoms with Crippen LogP contribution in [0.15, 0.2) is 60.9 Å². The average Bonchev–Trinajstić information content (AvgIpc) is 3.06. The van der Waals surface area contributed by atoms with E-state index in [9.17, 15) is 0 Å². The van der Waals surface area contributed by atoms with Crippen LogP contribution < -0.4 is 0 Å². The van der Waals surface area contributed by atoms with Gasteiger partial charge in [-0.1, -0.05) is 43.3 Å². The smallest absolute Gasteiger partial charge is 0.0480 e. The van der Waals surface area contributed by atoms with Gasteiger partial charge in [-0.3, -0.25) is 0 Å². The first-order chi connectivity index (χ1) is 10.7. The first-order valence-electron chi connectivity index (χ1n) is 7.74. The minimum Gasteiger partial charge on any atom is -0.350 e. The maximum absolute atomic E-state index is 2.31. The second-order valence-corrected chi connectivity index (χ2v) is 6.15. The number of hydrogen-bond donors (Lipinski definition) is 0. The lowest BCUT2D eigenvalue weighted by Gasteiger charge is -2.10. The van der Waals surface area contributed by atoms with Crippen molar-refractivity contribution >= 4 is 21.8 Å². The Balaban J connectivity index is 1.94. The molecule has 2 aromatic carbocycles. The van der Waals surface area contributed by atoms with Crippen molar-refractivity contribution in [3.8, 4) is 0 Å². The van der Waals surface area contributed by atoms with Gasteiger partial charge in [0.15, 0.2) is 0 Å². The highest BCUT2D eigenvalue weighted by Crippen LogP contribution is 2.35. The van der Waals surface area contributed by atoms with Crippen molar-refractivity contribution in [3.63, 3.8) is 0 Å². The predicted molar refractivity (Wildman–Crippen MR) is 93.4 cm³/mol. The summed E-state index contributed by atoms with van der Waals surface area (Å²) in [5.74, 6) is 0.372. The Bertz CT molecular complexity index is 892. The van der Waals surface area contributed by atoms with Crippen molar-refractivity contribution in [3.05, 3.63) is 72.1 Å². The van der Waals surface area contributed by atoms with Gasteiger partial charge in [-0.25, -0.2) is 0 Å². The summed E-state index contributed by atoms with van der Waals surface area (Å²) in [6, 6.07) is 17.3. The summed E-state index contributed by atoms with van der Waals surface area (Å²) in [7, 11) is 4.25. The fourth-order valence-corrected chi connectivity index (χ4v) is 3.60. The van der Waals surface area contributed by atoms with E-state index in [2.05, 4.69) is 91.1 Å². The molecule has 2 nitrogen and oxygen atoms in total. The first-order valence-corrected chi connectivity index (χ1v) is 7.74. The highest BCUT2D eigenvalue weighted by molar-refractivity contribution is 5.88. The van der Waals surface area contributed by atoms with Gasteiger partial charge in [0, 0.05) is 54.2 Å². The number of nitrogens with zero attached hydrogens (tertiary/aromatic N) is 2. The summed E-state index contributed by atoms with van der Waals surface area (Å²) >= 11 is 0. The number of aryl methyl sites for hydroxylation is 2. The standard InChI is InChI=1S/C20H20N2/c1-14(17-12-21(2)19-10-6-4-8-15(17)19)18-13-22(3)20-11-7-5-9-16(18)20/h4-14H,1-3H3. The minimum atomic E-state index is 0.372. The Hall–Kier alpha value is -2.48. The van der Waals surface area contributed by atoms with Crippen LogP contribution in [0.25, 0.3) is 21.8 Å². The van der Waals surface area contributed by atoms with E-state index >= 15 is 0 Å². The molecule has 0 spiro atoms. The van der Waals surface area contributed by atoms with E-state index in [0.717, 1.165) is 0 Å². The van der Waals surface area contributed by atoms with E-state index in [4.69, 9.17) is 0 Å². The quantitative estimate of drug-likeness (QED) is 0.500. The SMILES string of the molecule is CC(c1cn(C)c2ccccc12)c1cn(C)c2ccccc12. The number of rotatable bonds is 2. The number of benzene rings is 2. The van der Waals surface area contributed by atoms with Crippen molar-refractivity contribution in [2.24, 2.45) is 14.1 Å². The molecule has 0 unspecified atom stereocenters. The van der Waals surface area contributed by atoms with E-state index in [1.165, 1.54) is 32.9 Å². The molecule has 0 saturated carbocycles. The van der Waals surface area contributed by atoms with Crippen molar-refractivity contribution in [1.29, 1.82) is 0 Å². The van der Waals surface area contributed by atoms with Crippen LogP contribution in [0.3, 0.4) is 0 Å². The summed E-state index contributed by atoms with van der Waals surface area (Å²) < 4.78 is 4.46. The maximum Gasteiger partial charge on any atom is 0.0480 e. The van der Waals surface area contributed by atoms with Crippen LogP contribution in [-0.2, 0) is 14.1 Å². The monoisotopic (exact) mass is 288 g/mol. The largest absolute Gasteiger partial charge is 0.350 e. The molecule has 0 atom stereocenters. The zero-order valence-electron chi connectivity index (χ0n) is 13.2. The lowest BCUT2D eigenvalue weighted by molar-refractivity contribution is 0.886. The fourth-order valence-electron chi connectivity index (χ4n) is 3.60. The summed E-state index contributed by atoms with van der Waals surface area (Å²) in [4.78, 5) is 0. The third-order valence-electron chi connectivity index (χ3n) is 4.79. The van der Waals surface area contributed by atoms with Gasteiger partial charge in [0.2, 0.25) is 0 Å². The number of hydrogen-bond acceptors (Lipinski definition) is 0. The maximum atomic E-state index is 2.31. The van der Waals surface area contributed by atoms with E-state index in [1.54, 1.807) is 0 Å². The lowest BCUT2D eigenvalue weighted by atomic mass is 9.92. The van der Waals surface area contributed by atoms with Crippen molar-refractivity contribution < 1.29 is 0 Å². The number of fused-ring (bicyclic) bond motifs is 2. The van der Waals surface area contributed by atoms with Crippen molar-refractivity contribution in [2.45, 2.75) is 12.8 Å². The van der Waals surface area contributed by atoms with Gasteiger partial charge < -0.3 is 9.13 Å². The minimum absolute atomic E-state index is 0.372. The molecule has 4 aromatic rings. The Morgan fingerprint density at radius 2 is 1.09 bits per heavy atom. The van der Waals surface area contributed by atoms with E-state index in [0.29, 0.717) is 5.92 Å². The number of aromatic nitrogens is 2. The Morgan fingerprint density at radius 3 is 1.55 bits per heavy atom. The van der Waals surface area contributed by atoms with Gasteiger partial charge >= 0.3 is 0 Å². The highest BCUT2D eigenvalue weighted by Gasteiger charge is 2.18. The molecule has 4 rings (SSSR count). The van der Waals surface area contributed by atoms with E-state index < -0.39 is 0 Å². The molecule has 2 heteroatoms. The van der Waals surface area contributed by atoms with Crippen LogP contribution in [0.4, 0.5) is 0 Å². The molecule has 2 heterocycles. The molecule has 0 radical (unpaired) electrons. The van der Waals surface area contributed by atoms with Crippen molar-refractivity contribution in [1.82, 2.24) is 9.13 Å². The normalized spacial score (nSPS) is 11.8. The molecule has 0 amide bonds. The molecule has 110 valence electrons. The third-order valence-corrected chi connectivity index (χ3v) is 4.79. The molecule has 22 heavy (non-hydrogen) atoms. The second kappa shape index (κ2) is 4.77. The third kappa shape index (κ3) is 1.80. The van der Waals surface area contributed by atoms with Crippen LogP contribution in [0.2, 0.25) is 0 Å². The summed E-state index contributed by atoms with van der Waals surface area (Å²) in [6.07, 6.45) is 4.55. The van der Waals surface area contributed by atoms with E-state index in [-0.39, 0.29) is 0 Å². The zero-order valence-corrected chi connectivity index (χ0v) is 13.2. The van der Waals surface area contributed by atoms with Gasteiger partial charge in [-0.05, 0) is 23.3 Å². The van der Waals surface area contributed by atoms with Crippen LogP contribution in [0, 0.1) is 0 Å². The van der Waals surface area contributed by atoms with Crippen LogP contribution in [-0.4, -0.2) is 9.13 Å². The first kappa shape index (κ1) is 13.2. The average molecular weight is 288 g/mol. The van der Waals surface area contributed by atoms with Crippen LogP contribution in [0.5, 0.6) is 0 Å². The molecule has 0 N–H and O–H groups in total. The molecule has 0 bridgehead atoms. The Morgan fingerprint density at radius 1 is 0.682 bits per heavy atom. The van der Waals surface area contributed by atoms with Gasteiger partial charge in [-0.15, -0.1) is 0 Å². The molecule has 0 aliphatic carbocycles. The van der Waals surface area contributed by atoms with Gasteiger partial charge in [-0.2, -0.15) is 0 Å². The van der Waals surface area contributed by atoms with Gasteiger partial charge in [0.1, 0.15) is 0 Å². The Labute approximate surface area is 130 Å². The van der Waals surface area contributed by atoms with Crippen LogP contribution in [0.1, 0.15) is 24.0 Å². The second-order valence-electron chi connectivity index (χ2n) is 6.15. The predicted octanol–water partition coefficient (Wildman–Crippen LogP) is 4.82. The van der Waals surface area contributed by atoms with Gasteiger partial charge in [0.25, 0.3) is 0 Å².